The van der Waals surface area contributed by atoms with Gasteiger partial charge in [-0.1, -0.05) is 200 Å². The minimum absolute atomic E-state index is 0.297. The van der Waals surface area contributed by atoms with Crippen LogP contribution in [-0.2, 0) is 0 Å². The first-order valence-corrected chi connectivity index (χ1v) is 24.2. The van der Waals surface area contributed by atoms with E-state index in [1.807, 2.05) is 78.9 Å². The standard InChI is InChI=1S/C68H45FN2/c69-65-45-50(46-18-6-1-7-19-46)44-64(47-20-8-2-9-21-47)68(65)71(53-26-14-5-15-27-53)55-36-32-49(33-37-55)57-39-41-63-59-29-17-16-28-58(59)62-40-38-56(60-42-43-61(57)67(63)66(60)62)48-30-34-54(35-31-48)70(51-22-10-3-11-23-51)52-24-12-4-13-25-52/h1-45H. The van der Waals surface area contributed by atoms with Crippen molar-refractivity contribution < 1.29 is 4.39 Å². The van der Waals surface area contributed by atoms with Crippen molar-refractivity contribution in [3.05, 3.63) is 279 Å². The molecule has 0 aliphatic carbocycles. The number of hydrogen-bond acceptors (Lipinski definition) is 2. The van der Waals surface area contributed by atoms with Gasteiger partial charge in [0.2, 0.25) is 0 Å². The van der Waals surface area contributed by atoms with Crippen molar-refractivity contribution in [3.8, 4) is 44.5 Å². The lowest BCUT2D eigenvalue weighted by atomic mass is 9.84. The molecule has 0 heterocycles. The minimum Gasteiger partial charge on any atom is -0.311 e. The summed E-state index contributed by atoms with van der Waals surface area (Å²) in [5.74, 6) is -0.297. The molecule has 2 nitrogen and oxygen atoms in total. The van der Waals surface area contributed by atoms with Crippen LogP contribution in [0, 0.1) is 5.82 Å². The molecular formula is C68H45FN2. The molecule has 0 aromatic heterocycles. The SMILES string of the molecule is Fc1cc(-c2ccccc2)cc(-c2ccccc2)c1N(c1ccccc1)c1ccc(-c2ccc3c4ccccc4c4ccc(-c5ccc(N(c6ccccc6)c6ccccc6)cc5)c5ccc2c3c54)cc1. The first kappa shape index (κ1) is 41.8. The summed E-state index contributed by atoms with van der Waals surface area (Å²) >= 11 is 0. The van der Waals surface area contributed by atoms with Gasteiger partial charge in [0, 0.05) is 34.0 Å². The molecule has 0 spiro atoms. The summed E-state index contributed by atoms with van der Waals surface area (Å²) < 4.78 is 17.2. The first-order valence-electron chi connectivity index (χ1n) is 24.2. The van der Waals surface area contributed by atoms with Gasteiger partial charge in [-0.25, -0.2) is 4.39 Å². The van der Waals surface area contributed by atoms with E-state index in [-0.39, 0.29) is 5.82 Å². The Morgan fingerprint density at radius 2 is 0.577 bits per heavy atom. The van der Waals surface area contributed by atoms with E-state index < -0.39 is 0 Å². The van der Waals surface area contributed by atoms with Gasteiger partial charge in [-0.3, -0.25) is 0 Å². The fourth-order valence-corrected chi connectivity index (χ4v) is 10.8. The Balaban J connectivity index is 0.941. The van der Waals surface area contributed by atoms with Crippen molar-refractivity contribution in [3.63, 3.8) is 0 Å². The van der Waals surface area contributed by atoms with Gasteiger partial charge in [0.1, 0.15) is 5.82 Å². The van der Waals surface area contributed by atoms with Crippen LogP contribution >= 0.6 is 0 Å². The zero-order valence-electron chi connectivity index (χ0n) is 38.8. The Kier molecular flexibility index (Phi) is 10.4. The average Bonchev–Trinajstić information content (AvgIpc) is 3.44. The third-order valence-electron chi connectivity index (χ3n) is 14.1. The normalized spacial score (nSPS) is 11.5. The van der Waals surface area contributed by atoms with Crippen LogP contribution in [0.2, 0.25) is 0 Å². The fourth-order valence-electron chi connectivity index (χ4n) is 10.8. The van der Waals surface area contributed by atoms with Crippen molar-refractivity contribution in [2.75, 3.05) is 9.80 Å². The monoisotopic (exact) mass is 908 g/mol. The lowest BCUT2D eigenvalue weighted by Crippen LogP contribution is -2.13. The predicted octanol–water partition coefficient (Wildman–Crippen LogP) is 19.5. The highest BCUT2D eigenvalue weighted by molar-refractivity contribution is 6.36. The van der Waals surface area contributed by atoms with Crippen LogP contribution in [0.15, 0.2) is 273 Å². The predicted molar refractivity (Wildman–Crippen MR) is 299 cm³/mol. The van der Waals surface area contributed by atoms with Gasteiger partial charge in [0.05, 0.1) is 5.69 Å². The summed E-state index contributed by atoms with van der Waals surface area (Å²) in [6.07, 6.45) is 0. The quantitative estimate of drug-likeness (QED) is 0.0996. The van der Waals surface area contributed by atoms with Crippen LogP contribution in [0.5, 0.6) is 0 Å². The first-order chi connectivity index (χ1) is 35.2. The van der Waals surface area contributed by atoms with Gasteiger partial charge < -0.3 is 9.80 Å². The minimum atomic E-state index is -0.297. The maximum atomic E-state index is 17.2. The second-order valence-electron chi connectivity index (χ2n) is 18.1. The van der Waals surface area contributed by atoms with Gasteiger partial charge in [-0.2, -0.15) is 0 Å². The highest BCUT2D eigenvalue weighted by Gasteiger charge is 2.24. The summed E-state index contributed by atoms with van der Waals surface area (Å²) in [6, 6.07) is 95.5. The second-order valence-corrected chi connectivity index (χ2v) is 18.1. The topological polar surface area (TPSA) is 6.48 Å². The molecule has 0 fully saturated rings. The highest BCUT2D eigenvalue weighted by Crippen LogP contribution is 2.48. The molecular weight excluding hydrogens is 864 g/mol. The molecule has 0 N–H and O–H groups in total. The second kappa shape index (κ2) is 17.6. The molecule has 0 saturated heterocycles. The summed E-state index contributed by atoms with van der Waals surface area (Å²) in [4.78, 5) is 4.36. The number of rotatable bonds is 10. The van der Waals surface area contributed by atoms with Crippen molar-refractivity contribution in [1.82, 2.24) is 0 Å². The Morgan fingerprint density at radius 1 is 0.225 bits per heavy atom. The Hall–Kier alpha value is -9.31. The van der Waals surface area contributed by atoms with Crippen molar-refractivity contribution in [2.45, 2.75) is 0 Å². The fraction of sp³-hybridized carbons (Fsp3) is 0. The lowest BCUT2D eigenvalue weighted by molar-refractivity contribution is 0.630. The van der Waals surface area contributed by atoms with E-state index in [4.69, 9.17) is 0 Å². The molecule has 0 unspecified atom stereocenters. The highest BCUT2D eigenvalue weighted by atomic mass is 19.1. The largest absolute Gasteiger partial charge is 0.311 e. The summed E-state index contributed by atoms with van der Waals surface area (Å²) in [5.41, 5.74) is 13.7. The average molecular weight is 909 g/mol. The van der Waals surface area contributed by atoms with Crippen LogP contribution in [0.1, 0.15) is 0 Å². The molecule has 0 amide bonds. The van der Waals surface area contributed by atoms with Crippen LogP contribution in [0.25, 0.3) is 87.6 Å². The number of para-hydroxylation sites is 3. The van der Waals surface area contributed by atoms with Crippen LogP contribution in [-0.4, -0.2) is 0 Å². The zero-order chi connectivity index (χ0) is 47.3. The third kappa shape index (κ3) is 7.35. The maximum Gasteiger partial charge on any atom is 0.148 e. The van der Waals surface area contributed by atoms with Gasteiger partial charge in [-0.05, 0) is 155 Å². The summed E-state index contributed by atoms with van der Waals surface area (Å²) in [6.45, 7) is 0. The van der Waals surface area contributed by atoms with E-state index in [0.717, 1.165) is 67.4 Å². The van der Waals surface area contributed by atoms with Crippen LogP contribution < -0.4 is 9.80 Å². The van der Waals surface area contributed by atoms with Gasteiger partial charge in [-0.15, -0.1) is 0 Å². The molecule has 13 rings (SSSR count). The molecule has 0 radical (unpaired) electrons. The van der Waals surface area contributed by atoms with E-state index >= 15 is 4.39 Å². The lowest BCUT2D eigenvalue weighted by Gasteiger charge is -2.29. The Morgan fingerprint density at radius 3 is 1.04 bits per heavy atom. The van der Waals surface area contributed by atoms with Gasteiger partial charge >= 0.3 is 0 Å². The van der Waals surface area contributed by atoms with Crippen molar-refractivity contribution in [1.29, 1.82) is 0 Å². The Labute approximate surface area is 412 Å². The van der Waals surface area contributed by atoms with Crippen LogP contribution in [0.4, 0.5) is 38.5 Å². The molecule has 3 heteroatoms. The van der Waals surface area contributed by atoms with E-state index in [1.165, 1.54) is 48.7 Å². The molecule has 0 bridgehead atoms. The van der Waals surface area contributed by atoms with E-state index in [9.17, 15) is 0 Å². The van der Waals surface area contributed by atoms with E-state index in [1.54, 1.807) is 6.07 Å². The number of anilines is 6. The molecule has 13 aromatic carbocycles. The molecule has 0 saturated carbocycles. The molecule has 0 aliphatic heterocycles. The number of hydrogen-bond donors (Lipinski definition) is 0. The number of halogens is 1. The maximum absolute atomic E-state index is 17.2. The molecule has 0 atom stereocenters. The molecule has 71 heavy (non-hydrogen) atoms. The number of benzene rings is 13. The third-order valence-corrected chi connectivity index (χ3v) is 14.1. The van der Waals surface area contributed by atoms with Crippen LogP contribution in [0.3, 0.4) is 0 Å². The van der Waals surface area contributed by atoms with Crippen molar-refractivity contribution in [2.24, 2.45) is 0 Å². The van der Waals surface area contributed by atoms with Crippen molar-refractivity contribution >= 4 is 77.2 Å². The zero-order valence-corrected chi connectivity index (χ0v) is 38.8. The van der Waals surface area contributed by atoms with E-state index in [2.05, 4.69) is 198 Å². The van der Waals surface area contributed by atoms with Gasteiger partial charge in [0.25, 0.3) is 0 Å². The summed E-state index contributed by atoms with van der Waals surface area (Å²) in [7, 11) is 0. The molecule has 13 aromatic rings. The van der Waals surface area contributed by atoms with Gasteiger partial charge in [0.15, 0.2) is 0 Å². The molecule has 0 aliphatic rings. The van der Waals surface area contributed by atoms with E-state index in [0.29, 0.717) is 5.69 Å². The molecule has 334 valence electrons. The Bertz CT molecular complexity index is 3970. The summed E-state index contributed by atoms with van der Waals surface area (Å²) in [5, 5.41) is 9.92. The smallest absolute Gasteiger partial charge is 0.148 e. The number of nitrogens with zero attached hydrogens (tertiary/aromatic N) is 2. The number of fused-ring (bicyclic) bond motifs is 3.